The Morgan fingerprint density at radius 1 is 1.37 bits per heavy atom. The van der Waals surface area contributed by atoms with Crippen molar-refractivity contribution < 1.29 is 8.42 Å². The summed E-state index contributed by atoms with van der Waals surface area (Å²) in [6, 6.07) is 1.80. The third-order valence-electron chi connectivity index (χ3n) is 2.74. The molecule has 2 aromatic heterocycles. The second-order valence-corrected chi connectivity index (χ2v) is 6.62. The first-order valence-electron chi connectivity index (χ1n) is 5.70. The number of aromatic nitrogens is 5. The lowest BCUT2D eigenvalue weighted by Gasteiger charge is -2.09. The van der Waals surface area contributed by atoms with Crippen molar-refractivity contribution in [3.63, 3.8) is 0 Å². The van der Waals surface area contributed by atoms with E-state index < -0.39 is 10.0 Å². The molecule has 0 aliphatic rings. The van der Waals surface area contributed by atoms with Gasteiger partial charge in [0.1, 0.15) is 0 Å². The van der Waals surface area contributed by atoms with Crippen LogP contribution in [0.1, 0.15) is 5.69 Å². The molecular formula is C10H16N6O2S. The zero-order valence-electron chi connectivity index (χ0n) is 11.1. The molecule has 0 aliphatic heterocycles. The smallest absolute Gasteiger partial charge is 0.213 e. The minimum absolute atomic E-state index is 0.0179. The molecule has 0 fully saturated rings. The predicted octanol–water partition coefficient (Wildman–Crippen LogP) is -0.565. The Kier molecular flexibility index (Phi) is 3.67. The van der Waals surface area contributed by atoms with Crippen molar-refractivity contribution in [3.05, 3.63) is 24.2 Å². The van der Waals surface area contributed by atoms with Gasteiger partial charge in [-0.2, -0.15) is 5.10 Å². The molecule has 0 bridgehead atoms. The van der Waals surface area contributed by atoms with Gasteiger partial charge in [0.2, 0.25) is 10.0 Å². The van der Waals surface area contributed by atoms with Crippen LogP contribution in [0.3, 0.4) is 0 Å². The second-order valence-electron chi connectivity index (χ2n) is 4.32. The van der Waals surface area contributed by atoms with E-state index in [1.54, 1.807) is 34.9 Å². The Hall–Kier alpha value is -1.74. The van der Waals surface area contributed by atoms with E-state index in [4.69, 9.17) is 0 Å². The number of nitrogens with zero attached hydrogens (tertiary/aromatic N) is 6. The van der Waals surface area contributed by atoms with Gasteiger partial charge in [0, 0.05) is 33.6 Å². The van der Waals surface area contributed by atoms with E-state index in [9.17, 15) is 8.42 Å². The van der Waals surface area contributed by atoms with Gasteiger partial charge in [0.25, 0.3) is 0 Å². The Bertz CT molecular complexity index is 657. The number of aryl methyl sites for hydroxylation is 2. The van der Waals surface area contributed by atoms with Crippen molar-refractivity contribution in [3.8, 4) is 5.82 Å². The summed E-state index contributed by atoms with van der Waals surface area (Å²) in [7, 11) is 1.62. The maximum Gasteiger partial charge on any atom is 0.213 e. The van der Waals surface area contributed by atoms with E-state index in [1.807, 2.05) is 0 Å². The van der Waals surface area contributed by atoms with Crippen molar-refractivity contribution >= 4 is 10.0 Å². The molecule has 0 spiro atoms. The molecule has 2 aromatic rings. The summed E-state index contributed by atoms with van der Waals surface area (Å²) in [6.45, 7) is 0. The van der Waals surface area contributed by atoms with E-state index >= 15 is 0 Å². The highest BCUT2D eigenvalue weighted by molar-refractivity contribution is 7.89. The van der Waals surface area contributed by atoms with E-state index in [1.165, 1.54) is 18.4 Å². The molecule has 9 heteroatoms. The van der Waals surface area contributed by atoms with Crippen molar-refractivity contribution in [2.45, 2.75) is 6.42 Å². The number of hydrogen-bond donors (Lipinski definition) is 0. The fourth-order valence-corrected chi connectivity index (χ4v) is 2.36. The molecule has 0 unspecified atom stereocenters. The van der Waals surface area contributed by atoms with Gasteiger partial charge in [-0.25, -0.2) is 17.4 Å². The highest BCUT2D eigenvalue weighted by Gasteiger charge is 2.15. The molecule has 0 N–H and O–H groups in total. The molecule has 0 saturated carbocycles. The van der Waals surface area contributed by atoms with Gasteiger partial charge in [-0.05, 0) is 0 Å². The third-order valence-corrected chi connectivity index (χ3v) is 4.58. The van der Waals surface area contributed by atoms with Crippen LogP contribution in [0.2, 0.25) is 0 Å². The predicted molar refractivity (Wildman–Crippen MR) is 69.3 cm³/mol. The zero-order chi connectivity index (χ0) is 14.0. The van der Waals surface area contributed by atoms with Gasteiger partial charge in [0.05, 0.1) is 23.8 Å². The fraction of sp³-hybridized carbons (Fsp3) is 0.500. The Morgan fingerprint density at radius 3 is 2.68 bits per heavy atom. The Labute approximate surface area is 111 Å². The molecule has 0 aromatic carbocycles. The van der Waals surface area contributed by atoms with Crippen LogP contribution in [0.25, 0.3) is 5.82 Å². The van der Waals surface area contributed by atoms with Crippen LogP contribution in [0.5, 0.6) is 0 Å². The molecule has 2 heterocycles. The molecule has 8 nitrogen and oxygen atoms in total. The molecule has 104 valence electrons. The van der Waals surface area contributed by atoms with Crippen LogP contribution >= 0.6 is 0 Å². The quantitative estimate of drug-likeness (QED) is 0.734. The van der Waals surface area contributed by atoms with Gasteiger partial charge in [-0.15, -0.1) is 5.10 Å². The molecule has 0 amide bonds. The average molecular weight is 284 g/mol. The summed E-state index contributed by atoms with van der Waals surface area (Å²) in [5.41, 5.74) is 0.631. The standard InChI is InChI=1S/C10H16N6O2S/c1-14(2)19(17,18)7-5-9-8-16(13-12-9)10-4-6-11-15(10)3/h4,6,8H,5,7H2,1-3H3. The number of rotatable bonds is 5. The first kappa shape index (κ1) is 13.7. The summed E-state index contributed by atoms with van der Waals surface area (Å²) in [5.74, 6) is 0.790. The Balaban J connectivity index is 2.09. The first-order valence-corrected chi connectivity index (χ1v) is 7.31. The number of sulfonamides is 1. The van der Waals surface area contributed by atoms with Gasteiger partial charge in [-0.3, -0.25) is 4.68 Å². The monoisotopic (exact) mass is 284 g/mol. The normalized spacial score (nSPS) is 12.2. The van der Waals surface area contributed by atoms with Crippen LogP contribution in [-0.4, -0.2) is 57.3 Å². The van der Waals surface area contributed by atoms with E-state index in [2.05, 4.69) is 15.4 Å². The molecule has 2 rings (SSSR count). The van der Waals surface area contributed by atoms with Crippen molar-refractivity contribution in [1.82, 2.24) is 29.1 Å². The van der Waals surface area contributed by atoms with Crippen LogP contribution < -0.4 is 0 Å². The molecule has 19 heavy (non-hydrogen) atoms. The minimum atomic E-state index is -3.21. The molecule has 0 radical (unpaired) electrons. The Morgan fingerprint density at radius 2 is 2.11 bits per heavy atom. The van der Waals surface area contributed by atoms with Gasteiger partial charge >= 0.3 is 0 Å². The van der Waals surface area contributed by atoms with E-state index in [0.29, 0.717) is 12.1 Å². The molecule has 0 atom stereocenters. The van der Waals surface area contributed by atoms with Crippen molar-refractivity contribution in [2.24, 2.45) is 7.05 Å². The van der Waals surface area contributed by atoms with Crippen LogP contribution in [0.4, 0.5) is 0 Å². The molecular weight excluding hydrogens is 268 g/mol. The zero-order valence-corrected chi connectivity index (χ0v) is 11.9. The van der Waals surface area contributed by atoms with Crippen molar-refractivity contribution in [2.75, 3.05) is 19.8 Å². The molecule has 0 saturated heterocycles. The van der Waals surface area contributed by atoms with Gasteiger partial charge in [0.15, 0.2) is 5.82 Å². The lowest BCUT2D eigenvalue weighted by atomic mass is 10.4. The summed E-state index contributed by atoms with van der Waals surface area (Å²) >= 11 is 0. The second kappa shape index (κ2) is 5.10. The van der Waals surface area contributed by atoms with E-state index in [-0.39, 0.29) is 5.75 Å². The maximum atomic E-state index is 11.7. The van der Waals surface area contributed by atoms with E-state index in [0.717, 1.165) is 5.82 Å². The molecule has 0 aliphatic carbocycles. The summed E-state index contributed by atoms with van der Waals surface area (Å²) in [4.78, 5) is 0. The lowest BCUT2D eigenvalue weighted by molar-refractivity contribution is 0.520. The highest BCUT2D eigenvalue weighted by atomic mass is 32.2. The van der Waals surface area contributed by atoms with Gasteiger partial charge in [-0.1, -0.05) is 5.21 Å². The van der Waals surface area contributed by atoms with Crippen LogP contribution in [0, 0.1) is 0 Å². The first-order chi connectivity index (χ1) is 8.90. The fourth-order valence-electron chi connectivity index (χ4n) is 1.53. The van der Waals surface area contributed by atoms with Crippen LogP contribution in [-0.2, 0) is 23.5 Å². The SMILES string of the molecule is CN(C)S(=O)(=O)CCc1cn(-c2ccnn2C)nn1. The lowest BCUT2D eigenvalue weighted by Crippen LogP contribution is -2.26. The average Bonchev–Trinajstić information content (AvgIpc) is 2.94. The minimum Gasteiger partial charge on any atom is -0.251 e. The van der Waals surface area contributed by atoms with Crippen molar-refractivity contribution in [1.29, 1.82) is 0 Å². The largest absolute Gasteiger partial charge is 0.251 e. The van der Waals surface area contributed by atoms with Crippen LogP contribution in [0.15, 0.2) is 18.5 Å². The summed E-state index contributed by atoms with van der Waals surface area (Å²) in [6.07, 6.45) is 3.70. The summed E-state index contributed by atoms with van der Waals surface area (Å²) in [5, 5.41) is 12.0. The maximum absolute atomic E-state index is 11.7. The number of hydrogen-bond acceptors (Lipinski definition) is 5. The summed E-state index contributed by atoms with van der Waals surface area (Å²) < 4.78 is 27.7. The highest BCUT2D eigenvalue weighted by Crippen LogP contribution is 2.06. The topological polar surface area (TPSA) is 85.9 Å². The third kappa shape index (κ3) is 2.99. The van der Waals surface area contributed by atoms with Gasteiger partial charge < -0.3 is 0 Å².